The number of hydrogen-bond acceptors (Lipinski definition) is 5. The van der Waals surface area contributed by atoms with Crippen LogP contribution < -0.4 is 11.3 Å². The largest absolute Gasteiger partial charge is 0.300 e. The van der Waals surface area contributed by atoms with Gasteiger partial charge in [0, 0.05) is 17.6 Å². The van der Waals surface area contributed by atoms with Gasteiger partial charge in [-0.25, -0.2) is 10.8 Å². The molecule has 0 bridgehead atoms. The third kappa shape index (κ3) is 4.15. The van der Waals surface area contributed by atoms with Crippen molar-refractivity contribution >= 4 is 16.5 Å². The molecule has 0 atom stereocenters. The SMILES string of the molecule is CCCN(CCC)Cc1cnc(NN)s1. The van der Waals surface area contributed by atoms with Crippen molar-refractivity contribution in [2.24, 2.45) is 5.84 Å². The Balaban J connectivity index is 2.48. The number of hydrogen-bond donors (Lipinski definition) is 2. The summed E-state index contributed by atoms with van der Waals surface area (Å²) in [5.74, 6) is 5.30. The van der Waals surface area contributed by atoms with E-state index in [4.69, 9.17) is 5.84 Å². The summed E-state index contributed by atoms with van der Waals surface area (Å²) in [4.78, 5) is 7.88. The maximum atomic E-state index is 5.30. The second-order valence-electron chi connectivity index (χ2n) is 3.55. The molecule has 0 aliphatic rings. The van der Waals surface area contributed by atoms with Gasteiger partial charge in [-0.3, -0.25) is 10.3 Å². The van der Waals surface area contributed by atoms with Gasteiger partial charge in [0.2, 0.25) is 0 Å². The fourth-order valence-corrected chi connectivity index (χ4v) is 2.34. The van der Waals surface area contributed by atoms with E-state index in [1.54, 1.807) is 11.3 Å². The lowest BCUT2D eigenvalue weighted by Crippen LogP contribution is -2.24. The predicted molar refractivity (Wildman–Crippen MR) is 65.8 cm³/mol. The van der Waals surface area contributed by atoms with Gasteiger partial charge in [0.1, 0.15) is 0 Å². The Kier molecular flexibility index (Phi) is 5.60. The molecular weight excluding hydrogens is 208 g/mol. The van der Waals surface area contributed by atoms with Crippen molar-refractivity contribution in [3.05, 3.63) is 11.1 Å². The number of aromatic nitrogens is 1. The zero-order valence-electron chi connectivity index (χ0n) is 9.49. The summed E-state index contributed by atoms with van der Waals surface area (Å²) in [6.45, 7) is 7.71. The molecule has 15 heavy (non-hydrogen) atoms. The van der Waals surface area contributed by atoms with Crippen LogP contribution in [0.4, 0.5) is 5.13 Å². The fraction of sp³-hybridized carbons (Fsp3) is 0.700. The minimum Gasteiger partial charge on any atom is -0.300 e. The van der Waals surface area contributed by atoms with Gasteiger partial charge in [0.15, 0.2) is 5.13 Å². The van der Waals surface area contributed by atoms with Gasteiger partial charge in [-0.2, -0.15) is 0 Å². The number of anilines is 1. The molecule has 0 aromatic carbocycles. The second kappa shape index (κ2) is 6.76. The van der Waals surface area contributed by atoms with E-state index in [-0.39, 0.29) is 0 Å². The highest BCUT2D eigenvalue weighted by Crippen LogP contribution is 2.18. The summed E-state index contributed by atoms with van der Waals surface area (Å²) in [5.41, 5.74) is 2.57. The first-order chi connectivity index (χ1) is 7.30. The van der Waals surface area contributed by atoms with Crippen LogP contribution >= 0.6 is 11.3 Å². The third-order valence-corrected chi connectivity index (χ3v) is 3.05. The first kappa shape index (κ1) is 12.4. The van der Waals surface area contributed by atoms with E-state index in [0.29, 0.717) is 0 Å². The van der Waals surface area contributed by atoms with Crippen molar-refractivity contribution in [1.29, 1.82) is 0 Å². The number of hydrazine groups is 1. The van der Waals surface area contributed by atoms with E-state index in [9.17, 15) is 0 Å². The number of nitrogens with two attached hydrogens (primary N) is 1. The van der Waals surface area contributed by atoms with Gasteiger partial charge in [0.25, 0.3) is 0 Å². The number of nitrogen functional groups attached to an aromatic ring is 1. The van der Waals surface area contributed by atoms with Crippen molar-refractivity contribution < 1.29 is 0 Å². The molecule has 0 aliphatic carbocycles. The summed E-state index contributed by atoms with van der Waals surface area (Å²) < 4.78 is 0. The smallest absolute Gasteiger partial charge is 0.197 e. The van der Waals surface area contributed by atoms with Crippen molar-refractivity contribution in [2.75, 3.05) is 18.5 Å². The van der Waals surface area contributed by atoms with Gasteiger partial charge in [0.05, 0.1) is 0 Å². The number of nitrogens with zero attached hydrogens (tertiary/aromatic N) is 2. The Morgan fingerprint density at radius 3 is 2.53 bits per heavy atom. The van der Waals surface area contributed by atoms with Crippen LogP contribution in [0, 0.1) is 0 Å². The molecule has 1 rings (SSSR count). The molecule has 4 nitrogen and oxygen atoms in total. The van der Waals surface area contributed by atoms with Crippen LogP contribution in [-0.4, -0.2) is 23.0 Å². The first-order valence-corrected chi connectivity index (χ1v) is 6.25. The topological polar surface area (TPSA) is 54.2 Å². The van der Waals surface area contributed by atoms with Gasteiger partial charge < -0.3 is 0 Å². The lowest BCUT2D eigenvalue weighted by atomic mass is 10.3. The van der Waals surface area contributed by atoms with Crippen molar-refractivity contribution in [2.45, 2.75) is 33.2 Å². The van der Waals surface area contributed by atoms with Crippen molar-refractivity contribution in [3.8, 4) is 0 Å². The molecule has 0 spiro atoms. The Labute approximate surface area is 95.5 Å². The monoisotopic (exact) mass is 228 g/mol. The molecule has 1 heterocycles. The molecule has 0 saturated carbocycles. The van der Waals surface area contributed by atoms with E-state index < -0.39 is 0 Å². The maximum absolute atomic E-state index is 5.30. The third-order valence-electron chi connectivity index (χ3n) is 2.14. The minimum absolute atomic E-state index is 0.790. The summed E-state index contributed by atoms with van der Waals surface area (Å²) in [7, 11) is 0. The van der Waals surface area contributed by atoms with Crippen LogP contribution in [0.15, 0.2) is 6.20 Å². The van der Waals surface area contributed by atoms with Crippen LogP contribution in [0.5, 0.6) is 0 Å². The predicted octanol–water partition coefficient (Wildman–Crippen LogP) is 2.05. The molecular formula is C10H20N4S. The highest BCUT2D eigenvalue weighted by atomic mass is 32.1. The lowest BCUT2D eigenvalue weighted by Gasteiger charge is -2.19. The average Bonchev–Trinajstić information content (AvgIpc) is 2.66. The quantitative estimate of drug-likeness (QED) is 0.554. The van der Waals surface area contributed by atoms with E-state index in [2.05, 4.69) is 29.2 Å². The molecule has 1 aromatic rings. The van der Waals surface area contributed by atoms with E-state index in [1.807, 2.05) is 6.20 Å². The van der Waals surface area contributed by atoms with Gasteiger partial charge in [-0.05, 0) is 25.9 Å². The van der Waals surface area contributed by atoms with Crippen LogP contribution in [0.25, 0.3) is 0 Å². The maximum Gasteiger partial charge on any atom is 0.197 e. The molecule has 0 unspecified atom stereocenters. The summed E-state index contributed by atoms with van der Waals surface area (Å²) >= 11 is 1.62. The Morgan fingerprint density at radius 1 is 1.40 bits per heavy atom. The van der Waals surface area contributed by atoms with Crippen LogP contribution in [0.2, 0.25) is 0 Å². The molecule has 86 valence electrons. The van der Waals surface area contributed by atoms with Gasteiger partial charge in [-0.15, -0.1) is 0 Å². The number of nitrogens with one attached hydrogen (secondary N) is 1. The standard InChI is InChI=1S/C10H20N4S/c1-3-5-14(6-4-2)8-9-7-12-10(13-11)15-9/h7H,3-6,8,11H2,1-2H3,(H,12,13). The highest BCUT2D eigenvalue weighted by Gasteiger charge is 2.06. The van der Waals surface area contributed by atoms with Gasteiger partial charge >= 0.3 is 0 Å². The number of rotatable bonds is 7. The first-order valence-electron chi connectivity index (χ1n) is 5.43. The molecule has 0 fully saturated rings. The molecule has 0 aliphatic heterocycles. The van der Waals surface area contributed by atoms with E-state index in [0.717, 1.165) is 24.8 Å². The molecule has 0 saturated heterocycles. The van der Waals surface area contributed by atoms with Crippen molar-refractivity contribution in [1.82, 2.24) is 9.88 Å². The molecule has 3 N–H and O–H groups in total. The summed E-state index contributed by atoms with van der Waals surface area (Å²) in [6, 6.07) is 0. The Hall–Kier alpha value is -0.650. The highest BCUT2D eigenvalue weighted by molar-refractivity contribution is 7.15. The zero-order valence-corrected chi connectivity index (χ0v) is 10.3. The molecule has 0 amide bonds. The minimum atomic E-state index is 0.790. The normalized spacial score (nSPS) is 10.9. The lowest BCUT2D eigenvalue weighted by molar-refractivity contribution is 0.268. The van der Waals surface area contributed by atoms with Gasteiger partial charge in [-0.1, -0.05) is 25.2 Å². The average molecular weight is 228 g/mol. The molecule has 5 heteroatoms. The van der Waals surface area contributed by atoms with E-state index in [1.165, 1.54) is 17.7 Å². The van der Waals surface area contributed by atoms with Crippen molar-refractivity contribution in [3.63, 3.8) is 0 Å². The molecule has 1 aromatic heterocycles. The summed E-state index contributed by atoms with van der Waals surface area (Å²) in [6.07, 6.45) is 4.29. The fourth-order valence-electron chi connectivity index (χ4n) is 1.57. The number of thiazole rings is 1. The molecule has 0 radical (unpaired) electrons. The second-order valence-corrected chi connectivity index (χ2v) is 4.67. The zero-order chi connectivity index (χ0) is 11.1. The van der Waals surface area contributed by atoms with Crippen LogP contribution in [-0.2, 0) is 6.54 Å². The van der Waals surface area contributed by atoms with E-state index >= 15 is 0 Å². The summed E-state index contributed by atoms with van der Waals surface area (Å²) in [5, 5.41) is 0.790. The Morgan fingerprint density at radius 2 is 2.07 bits per heavy atom. The van der Waals surface area contributed by atoms with Crippen LogP contribution in [0.3, 0.4) is 0 Å². The van der Waals surface area contributed by atoms with Crippen LogP contribution in [0.1, 0.15) is 31.6 Å². The Bertz CT molecular complexity index is 268.